The molecule has 0 radical (unpaired) electrons. The molecule has 0 aliphatic heterocycles. The summed E-state index contributed by atoms with van der Waals surface area (Å²) >= 11 is 0. The van der Waals surface area contributed by atoms with Crippen LogP contribution in [0.25, 0.3) is 6.08 Å². The lowest BCUT2D eigenvalue weighted by molar-refractivity contribution is -0.384. The second-order valence-corrected chi connectivity index (χ2v) is 5.05. The molecule has 0 saturated heterocycles. The lowest BCUT2D eigenvalue weighted by Gasteiger charge is -2.12. The van der Waals surface area contributed by atoms with Crippen molar-refractivity contribution in [2.75, 3.05) is 14.2 Å². The van der Waals surface area contributed by atoms with Gasteiger partial charge in [0, 0.05) is 30.3 Å². The van der Waals surface area contributed by atoms with Gasteiger partial charge in [-0.15, -0.1) is 0 Å². The number of hydrogen-bond donors (Lipinski definition) is 1. The fourth-order valence-corrected chi connectivity index (χ4v) is 2.21. The van der Waals surface area contributed by atoms with Gasteiger partial charge in [0.2, 0.25) is 5.91 Å². The Bertz CT molecular complexity index is 785. The number of carbonyl (C=O) groups is 1. The molecule has 2 rings (SSSR count). The maximum Gasteiger partial charge on any atom is 0.269 e. The standard InChI is InChI=1S/C18H18N2O5/c1-24-16-5-3-4-14(18(16)25-2)12-19-17(21)11-8-13-6-9-15(10-7-13)20(22)23/h3-11H,12H2,1-2H3,(H,19,21)/b11-8+. The summed E-state index contributed by atoms with van der Waals surface area (Å²) in [6.07, 6.45) is 2.95. The van der Waals surface area contributed by atoms with Crippen molar-refractivity contribution in [1.29, 1.82) is 0 Å². The Hall–Kier alpha value is -3.35. The molecule has 2 aromatic carbocycles. The number of nitrogens with one attached hydrogen (secondary N) is 1. The zero-order valence-electron chi connectivity index (χ0n) is 13.9. The van der Waals surface area contributed by atoms with Crippen molar-refractivity contribution in [1.82, 2.24) is 5.32 Å². The third-order valence-electron chi connectivity index (χ3n) is 3.47. The summed E-state index contributed by atoms with van der Waals surface area (Å²) in [5.74, 6) is 0.878. The number of non-ortho nitro benzene ring substituents is 1. The molecule has 0 aliphatic rings. The first-order valence-electron chi connectivity index (χ1n) is 7.45. The summed E-state index contributed by atoms with van der Waals surface area (Å²) in [5.41, 5.74) is 1.49. The molecule has 25 heavy (non-hydrogen) atoms. The van der Waals surface area contributed by atoms with E-state index >= 15 is 0 Å². The number of nitrogens with zero attached hydrogens (tertiary/aromatic N) is 1. The van der Waals surface area contributed by atoms with Gasteiger partial charge in [0.15, 0.2) is 11.5 Å². The lowest BCUT2D eigenvalue weighted by atomic mass is 10.1. The van der Waals surface area contributed by atoms with Gasteiger partial charge in [0.05, 0.1) is 19.1 Å². The van der Waals surface area contributed by atoms with Crippen molar-refractivity contribution < 1.29 is 19.2 Å². The predicted molar refractivity (Wildman–Crippen MR) is 93.5 cm³/mol. The molecule has 7 heteroatoms. The molecule has 130 valence electrons. The van der Waals surface area contributed by atoms with Crippen molar-refractivity contribution in [2.45, 2.75) is 6.54 Å². The zero-order chi connectivity index (χ0) is 18.2. The molecule has 0 saturated carbocycles. The minimum atomic E-state index is -0.471. The topological polar surface area (TPSA) is 90.7 Å². The molecular formula is C18H18N2O5. The highest BCUT2D eigenvalue weighted by Gasteiger charge is 2.09. The summed E-state index contributed by atoms with van der Waals surface area (Å²) < 4.78 is 10.5. The van der Waals surface area contributed by atoms with E-state index in [2.05, 4.69) is 5.32 Å². The second kappa shape index (κ2) is 8.49. The summed E-state index contributed by atoms with van der Waals surface area (Å²) in [4.78, 5) is 22.1. The Morgan fingerprint density at radius 2 is 1.88 bits per heavy atom. The molecular weight excluding hydrogens is 324 g/mol. The van der Waals surface area contributed by atoms with Crippen LogP contribution in [-0.2, 0) is 11.3 Å². The molecule has 0 fully saturated rings. The number of carbonyl (C=O) groups excluding carboxylic acids is 1. The van der Waals surface area contributed by atoms with E-state index in [-0.39, 0.29) is 18.1 Å². The van der Waals surface area contributed by atoms with Gasteiger partial charge >= 0.3 is 0 Å². The number of rotatable bonds is 7. The predicted octanol–water partition coefficient (Wildman–Crippen LogP) is 2.94. The number of nitro benzene ring substituents is 1. The highest BCUT2D eigenvalue weighted by atomic mass is 16.6. The maximum absolute atomic E-state index is 11.9. The fourth-order valence-electron chi connectivity index (χ4n) is 2.21. The molecule has 0 aliphatic carbocycles. The molecule has 2 aromatic rings. The molecule has 0 heterocycles. The third-order valence-corrected chi connectivity index (χ3v) is 3.47. The molecule has 1 amide bonds. The van der Waals surface area contributed by atoms with E-state index in [0.717, 1.165) is 5.56 Å². The molecule has 1 N–H and O–H groups in total. The molecule has 0 atom stereocenters. The first-order chi connectivity index (χ1) is 12.0. The highest BCUT2D eigenvalue weighted by Crippen LogP contribution is 2.30. The van der Waals surface area contributed by atoms with E-state index in [1.165, 1.54) is 25.3 Å². The quantitative estimate of drug-likeness (QED) is 0.474. The monoisotopic (exact) mass is 342 g/mol. The number of methoxy groups -OCH3 is 2. The van der Waals surface area contributed by atoms with Gasteiger partial charge in [-0.3, -0.25) is 14.9 Å². The van der Waals surface area contributed by atoms with Crippen molar-refractivity contribution in [3.63, 3.8) is 0 Å². The Morgan fingerprint density at radius 3 is 2.48 bits per heavy atom. The number of para-hydroxylation sites is 1. The fraction of sp³-hybridized carbons (Fsp3) is 0.167. The van der Waals surface area contributed by atoms with Crippen LogP contribution < -0.4 is 14.8 Å². The molecule has 0 spiro atoms. The van der Waals surface area contributed by atoms with Crippen LogP contribution in [0.4, 0.5) is 5.69 Å². The average molecular weight is 342 g/mol. The van der Waals surface area contributed by atoms with Crippen LogP contribution in [0.3, 0.4) is 0 Å². The Labute approximate surface area is 145 Å². The van der Waals surface area contributed by atoms with Gasteiger partial charge in [-0.25, -0.2) is 0 Å². The SMILES string of the molecule is COc1cccc(CNC(=O)/C=C/c2ccc([N+](=O)[O-])cc2)c1OC. The Balaban J connectivity index is 1.98. The van der Waals surface area contributed by atoms with E-state index < -0.39 is 4.92 Å². The van der Waals surface area contributed by atoms with Crippen LogP contribution in [0.15, 0.2) is 48.5 Å². The number of nitro groups is 1. The molecule has 0 aromatic heterocycles. The van der Waals surface area contributed by atoms with Crippen molar-refractivity contribution in [3.8, 4) is 11.5 Å². The highest BCUT2D eigenvalue weighted by molar-refractivity contribution is 5.91. The van der Waals surface area contributed by atoms with Crippen LogP contribution >= 0.6 is 0 Å². The Morgan fingerprint density at radius 1 is 1.16 bits per heavy atom. The van der Waals surface area contributed by atoms with Gasteiger partial charge in [0.25, 0.3) is 5.69 Å². The molecule has 7 nitrogen and oxygen atoms in total. The van der Waals surface area contributed by atoms with Gasteiger partial charge in [0.1, 0.15) is 0 Å². The first-order valence-corrected chi connectivity index (χ1v) is 7.45. The van der Waals surface area contributed by atoms with Crippen molar-refractivity contribution in [2.24, 2.45) is 0 Å². The normalized spacial score (nSPS) is 10.5. The minimum Gasteiger partial charge on any atom is -0.493 e. The van der Waals surface area contributed by atoms with Crippen LogP contribution in [0, 0.1) is 10.1 Å². The number of amides is 1. The number of ether oxygens (including phenoxy) is 2. The average Bonchev–Trinajstić information content (AvgIpc) is 2.64. The summed E-state index contributed by atoms with van der Waals surface area (Å²) in [5, 5.41) is 13.4. The van der Waals surface area contributed by atoms with Crippen molar-refractivity contribution >= 4 is 17.7 Å². The summed E-state index contributed by atoms with van der Waals surface area (Å²) in [7, 11) is 3.09. The molecule has 0 bridgehead atoms. The van der Waals surface area contributed by atoms with E-state index in [1.54, 1.807) is 31.4 Å². The first kappa shape index (κ1) is 18.0. The van der Waals surface area contributed by atoms with E-state index in [4.69, 9.17) is 9.47 Å². The largest absolute Gasteiger partial charge is 0.493 e. The maximum atomic E-state index is 11.9. The Kier molecular flexibility index (Phi) is 6.11. The van der Waals surface area contributed by atoms with Crippen LogP contribution in [0.1, 0.15) is 11.1 Å². The summed E-state index contributed by atoms with van der Waals surface area (Å²) in [6.45, 7) is 0.282. The smallest absolute Gasteiger partial charge is 0.269 e. The third kappa shape index (κ3) is 4.81. The van der Waals surface area contributed by atoms with E-state index in [9.17, 15) is 14.9 Å². The minimum absolute atomic E-state index is 0.00622. The number of benzene rings is 2. The van der Waals surface area contributed by atoms with E-state index in [0.29, 0.717) is 17.1 Å². The zero-order valence-corrected chi connectivity index (χ0v) is 13.9. The van der Waals surface area contributed by atoms with Crippen molar-refractivity contribution in [3.05, 3.63) is 69.8 Å². The van der Waals surface area contributed by atoms with Gasteiger partial charge in [-0.1, -0.05) is 12.1 Å². The second-order valence-electron chi connectivity index (χ2n) is 5.05. The van der Waals surface area contributed by atoms with Gasteiger partial charge in [-0.2, -0.15) is 0 Å². The van der Waals surface area contributed by atoms with Crippen LogP contribution in [0.2, 0.25) is 0 Å². The number of hydrogen-bond acceptors (Lipinski definition) is 5. The van der Waals surface area contributed by atoms with Gasteiger partial charge < -0.3 is 14.8 Å². The van der Waals surface area contributed by atoms with Gasteiger partial charge in [-0.05, 0) is 29.8 Å². The molecule has 0 unspecified atom stereocenters. The van der Waals surface area contributed by atoms with Crippen LogP contribution in [0.5, 0.6) is 11.5 Å². The van der Waals surface area contributed by atoms with Crippen LogP contribution in [-0.4, -0.2) is 25.1 Å². The summed E-state index contributed by atoms with van der Waals surface area (Å²) in [6, 6.07) is 11.4. The lowest BCUT2D eigenvalue weighted by Crippen LogP contribution is -2.20. The van der Waals surface area contributed by atoms with E-state index in [1.807, 2.05) is 12.1 Å².